The Morgan fingerprint density at radius 2 is 2.31 bits per heavy atom. The fourth-order valence-electron chi connectivity index (χ4n) is 1.37. The molecule has 0 spiro atoms. The summed E-state index contributed by atoms with van der Waals surface area (Å²) in [5.41, 5.74) is 0.958. The zero-order valence-corrected chi connectivity index (χ0v) is 9.64. The Labute approximate surface area is 95.4 Å². The SMILES string of the molecule is COCC(CO)NCc1cccnc1OC. The van der Waals surface area contributed by atoms with Gasteiger partial charge in [-0.15, -0.1) is 0 Å². The lowest BCUT2D eigenvalue weighted by Gasteiger charge is -2.15. The Morgan fingerprint density at radius 3 is 2.94 bits per heavy atom. The van der Waals surface area contributed by atoms with E-state index in [1.807, 2.05) is 12.1 Å². The van der Waals surface area contributed by atoms with Gasteiger partial charge in [-0.05, 0) is 6.07 Å². The van der Waals surface area contributed by atoms with E-state index in [1.54, 1.807) is 20.4 Å². The molecule has 1 heterocycles. The van der Waals surface area contributed by atoms with Crippen molar-refractivity contribution in [3.63, 3.8) is 0 Å². The third-order valence-electron chi connectivity index (χ3n) is 2.21. The Hall–Kier alpha value is -1.17. The van der Waals surface area contributed by atoms with E-state index in [9.17, 15) is 0 Å². The minimum Gasteiger partial charge on any atom is -0.481 e. The highest BCUT2D eigenvalue weighted by Crippen LogP contribution is 2.12. The third-order valence-corrected chi connectivity index (χ3v) is 2.21. The van der Waals surface area contributed by atoms with Gasteiger partial charge in [-0.2, -0.15) is 0 Å². The number of pyridine rings is 1. The molecule has 0 aliphatic heterocycles. The van der Waals surface area contributed by atoms with Gasteiger partial charge in [-0.3, -0.25) is 0 Å². The molecule has 5 nitrogen and oxygen atoms in total. The molecule has 1 aromatic rings. The van der Waals surface area contributed by atoms with Crippen LogP contribution in [0, 0.1) is 0 Å². The Balaban J connectivity index is 2.52. The van der Waals surface area contributed by atoms with Gasteiger partial charge in [0, 0.05) is 25.4 Å². The highest BCUT2D eigenvalue weighted by Gasteiger charge is 2.08. The molecule has 1 aromatic heterocycles. The molecule has 0 bridgehead atoms. The normalized spacial score (nSPS) is 12.4. The van der Waals surface area contributed by atoms with E-state index in [0.717, 1.165) is 5.56 Å². The van der Waals surface area contributed by atoms with Crippen LogP contribution in [-0.2, 0) is 11.3 Å². The molecule has 1 atom stereocenters. The van der Waals surface area contributed by atoms with Gasteiger partial charge < -0.3 is 19.9 Å². The molecule has 0 aliphatic rings. The maximum atomic E-state index is 9.07. The maximum Gasteiger partial charge on any atom is 0.217 e. The first-order chi connectivity index (χ1) is 7.81. The van der Waals surface area contributed by atoms with Crippen molar-refractivity contribution >= 4 is 0 Å². The minimum atomic E-state index is -0.0742. The van der Waals surface area contributed by atoms with Gasteiger partial charge in [-0.25, -0.2) is 4.98 Å². The second-order valence-corrected chi connectivity index (χ2v) is 3.39. The highest BCUT2D eigenvalue weighted by atomic mass is 16.5. The van der Waals surface area contributed by atoms with Gasteiger partial charge in [0.15, 0.2) is 0 Å². The summed E-state index contributed by atoms with van der Waals surface area (Å²) in [6.07, 6.45) is 1.68. The number of hydrogen-bond donors (Lipinski definition) is 2. The molecular weight excluding hydrogens is 208 g/mol. The summed E-state index contributed by atoms with van der Waals surface area (Å²) in [5, 5.41) is 12.2. The van der Waals surface area contributed by atoms with E-state index >= 15 is 0 Å². The first-order valence-corrected chi connectivity index (χ1v) is 5.12. The van der Waals surface area contributed by atoms with E-state index in [0.29, 0.717) is 19.0 Å². The number of ether oxygens (including phenoxy) is 2. The summed E-state index contributed by atoms with van der Waals surface area (Å²) >= 11 is 0. The van der Waals surface area contributed by atoms with Crippen LogP contribution < -0.4 is 10.1 Å². The lowest BCUT2D eigenvalue weighted by Crippen LogP contribution is -2.36. The number of nitrogens with zero attached hydrogens (tertiary/aromatic N) is 1. The van der Waals surface area contributed by atoms with Crippen LogP contribution in [0.5, 0.6) is 5.88 Å². The third kappa shape index (κ3) is 3.77. The van der Waals surface area contributed by atoms with Crippen molar-refractivity contribution < 1.29 is 14.6 Å². The summed E-state index contributed by atoms with van der Waals surface area (Å²) in [4.78, 5) is 4.09. The van der Waals surface area contributed by atoms with Gasteiger partial charge in [0.25, 0.3) is 0 Å². The number of aliphatic hydroxyl groups is 1. The number of aromatic nitrogens is 1. The van der Waals surface area contributed by atoms with Crippen molar-refractivity contribution in [2.45, 2.75) is 12.6 Å². The van der Waals surface area contributed by atoms with Gasteiger partial charge >= 0.3 is 0 Å². The van der Waals surface area contributed by atoms with Crippen LogP contribution >= 0.6 is 0 Å². The summed E-state index contributed by atoms with van der Waals surface area (Å²) in [6.45, 7) is 1.10. The van der Waals surface area contributed by atoms with E-state index < -0.39 is 0 Å². The molecule has 1 unspecified atom stereocenters. The summed E-state index contributed by atoms with van der Waals surface area (Å²) < 4.78 is 10.1. The van der Waals surface area contributed by atoms with Crippen LogP contribution in [-0.4, -0.2) is 43.6 Å². The summed E-state index contributed by atoms with van der Waals surface area (Å²) in [5.74, 6) is 0.601. The quantitative estimate of drug-likeness (QED) is 0.694. The predicted octanol–water partition coefficient (Wildman–Crippen LogP) is 0.187. The second kappa shape index (κ2) is 7.16. The monoisotopic (exact) mass is 226 g/mol. The van der Waals surface area contributed by atoms with Crippen LogP contribution in [0.1, 0.15) is 5.56 Å². The molecule has 0 aliphatic carbocycles. The molecule has 16 heavy (non-hydrogen) atoms. The fourth-order valence-corrected chi connectivity index (χ4v) is 1.37. The first kappa shape index (κ1) is 12.9. The standard InChI is InChI=1S/C11H18N2O3/c1-15-8-10(7-14)13-6-9-4-3-5-12-11(9)16-2/h3-5,10,13-14H,6-8H2,1-2H3. The Morgan fingerprint density at radius 1 is 1.50 bits per heavy atom. The molecule has 0 fully saturated rings. The largest absolute Gasteiger partial charge is 0.481 e. The number of aliphatic hydroxyl groups excluding tert-OH is 1. The average molecular weight is 226 g/mol. The maximum absolute atomic E-state index is 9.07. The highest BCUT2D eigenvalue weighted by molar-refractivity contribution is 5.25. The molecule has 0 saturated carbocycles. The number of rotatable bonds is 7. The van der Waals surface area contributed by atoms with Crippen molar-refractivity contribution in [1.82, 2.24) is 10.3 Å². The van der Waals surface area contributed by atoms with Gasteiger partial charge in [0.2, 0.25) is 5.88 Å². The predicted molar refractivity (Wildman–Crippen MR) is 60.4 cm³/mol. The van der Waals surface area contributed by atoms with Crippen LogP contribution in [0.25, 0.3) is 0 Å². The molecular formula is C11H18N2O3. The first-order valence-electron chi connectivity index (χ1n) is 5.12. The average Bonchev–Trinajstić information content (AvgIpc) is 2.34. The van der Waals surface area contributed by atoms with Crippen molar-refractivity contribution in [3.8, 4) is 5.88 Å². The topological polar surface area (TPSA) is 63.6 Å². The van der Waals surface area contributed by atoms with E-state index in [-0.39, 0.29) is 12.6 Å². The molecule has 0 amide bonds. The van der Waals surface area contributed by atoms with Crippen LogP contribution in [0.4, 0.5) is 0 Å². The van der Waals surface area contributed by atoms with Crippen molar-refractivity contribution in [2.75, 3.05) is 27.4 Å². The number of methoxy groups -OCH3 is 2. The van der Waals surface area contributed by atoms with E-state index in [1.165, 1.54) is 0 Å². The zero-order valence-electron chi connectivity index (χ0n) is 9.64. The lowest BCUT2D eigenvalue weighted by atomic mass is 10.2. The van der Waals surface area contributed by atoms with Crippen molar-refractivity contribution in [2.24, 2.45) is 0 Å². The van der Waals surface area contributed by atoms with Crippen LogP contribution in [0.2, 0.25) is 0 Å². The van der Waals surface area contributed by atoms with E-state index in [2.05, 4.69) is 10.3 Å². The summed E-state index contributed by atoms with van der Waals surface area (Å²) in [6, 6.07) is 3.71. The molecule has 0 aromatic carbocycles. The van der Waals surface area contributed by atoms with Crippen LogP contribution in [0.3, 0.4) is 0 Å². The molecule has 1 rings (SSSR count). The molecule has 90 valence electrons. The van der Waals surface area contributed by atoms with Crippen LogP contribution in [0.15, 0.2) is 18.3 Å². The number of nitrogens with one attached hydrogen (secondary N) is 1. The van der Waals surface area contributed by atoms with Gasteiger partial charge in [0.05, 0.1) is 26.4 Å². The second-order valence-electron chi connectivity index (χ2n) is 3.39. The summed E-state index contributed by atoms with van der Waals surface area (Å²) in [7, 11) is 3.19. The van der Waals surface area contributed by atoms with E-state index in [4.69, 9.17) is 14.6 Å². The Bertz CT molecular complexity index is 307. The van der Waals surface area contributed by atoms with Crippen molar-refractivity contribution in [1.29, 1.82) is 0 Å². The zero-order chi connectivity index (χ0) is 11.8. The number of hydrogen-bond acceptors (Lipinski definition) is 5. The van der Waals surface area contributed by atoms with Gasteiger partial charge in [0.1, 0.15) is 0 Å². The van der Waals surface area contributed by atoms with Gasteiger partial charge in [-0.1, -0.05) is 6.07 Å². The lowest BCUT2D eigenvalue weighted by molar-refractivity contribution is 0.128. The molecule has 5 heteroatoms. The molecule has 2 N–H and O–H groups in total. The smallest absolute Gasteiger partial charge is 0.217 e. The fraction of sp³-hybridized carbons (Fsp3) is 0.545. The van der Waals surface area contributed by atoms with Crippen molar-refractivity contribution in [3.05, 3.63) is 23.9 Å². The molecule has 0 saturated heterocycles. The minimum absolute atomic E-state index is 0.0381. The Kier molecular flexibility index (Phi) is 5.77. The molecule has 0 radical (unpaired) electrons.